The normalized spacial score (nSPS) is 11.1. The molecule has 7 heteroatoms. The third kappa shape index (κ3) is 4.46. The minimum atomic E-state index is -0.346. The number of halogens is 2. The fourth-order valence-corrected chi connectivity index (χ4v) is 4.91. The minimum Gasteiger partial charge on any atom is -0.506 e. The summed E-state index contributed by atoms with van der Waals surface area (Å²) in [5.41, 5.74) is 5.97. The fourth-order valence-electron chi connectivity index (χ4n) is 3.03. The van der Waals surface area contributed by atoms with E-state index < -0.39 is 0 Å². The van der Waals surface area contributed by atoms with Crippen LogP contribution in [0.15, 0.2) is 77.9 Å². The highest BCUT2D eigenvalue weighted by molar-refractivity contribution is 14.1. The Morgan fingerprint density at radius 1 is 1.00 bits per heavy atom. The first kappa shape index (κ1) is 20.7. The molecule has 1 amide bonds. The Morgan fingerprint density at radius 2 is 1.73 bits per heavy atom. The molecule has 3 aromatic carbocycles. The van der Waals surface area contributed by atoms with Gasteiger partial charge in [-0.1, -0.05) is 48.5 Å². The highest BCUT2D eigenvalue weighted by Crippen LogP contribution is 2.26. The van der Waals surface area contributed by atoms with E-state index in [4.69, 9.17) is 4.98 Å². The van der Waals surface area contributed by atoms with Crippen LogP contribution in [0.25, 0.3) is 22.2 Å². The number of amides is 1. The van der Waals surface area contributed by atoms with Crippen molar-refractivity contribution in [3.8, 4) is 17.0 Å². The lowest BCUT2D eigenvalue weighted by Gasteiger charge is -2.09. The van der Waals surface area contributed by atoms with Crippen molar-refractivity contribution in [3.63, 3.8) is 0 Å². The maximum absolute atomic E-state index is 12.9. The van der Waals surface area contributed by atoms with Gasteiger partial charge >= 0.3 is 0 Å². The SMILES string of the molecule is O=C(N/N=C/c1cc(I)cc(I)c1O)c1cc(-c2ccccc2)nc2ccccc12. The molecule has 0 radical (unpaired) electrons. The second-order valence-electron chi connectivity index (χ2n) is 6.46. The molecule has 0 aliphatic carbocycles. The van der Waals surface area contributed by atoms with Crippen molar-refractivity contribution in [2.75, 3.05) is 0 Å². The van der Waals surface area contributed by atoms with Crippen molar-refractivity contribution in [2.24, 2.45) is 5.10 Å². The Kier molecular flexibility index (Phi) is 6.28. The third-order valence-corrected chi connectivity index (χ3v) is 5.90. The smallest absolute Gasteiger partial charge is 0.272 e. The Hall–Kier alpha value is -2.53. The molecule has 0 aliphatic heterocycles. The van der Waals surface area contributed by atoms with E-state index in [2.05, 4.69) is 55.7 Å². The molecule has 4 rings (SSSR count). The number of carbonyl (C=O) groups excluding carboxylic acids is 1. The zero-order valence-electron chi connectivity index (χ0n) is 15.5. The molecule has 0 spiro atoms. The van der Waals surface area contributed by atoms with E-state index in [0.29, 0.717) is 16.8 Å². The van der Waals surface area contributed by atoms with Gasteiger partial charge in [0, 0.05) is 20.1 Å². The monoisotopic (exact) mass is 619 g/mol. The van der Waals surface area contributed by atoms with Crippen LogP contribution < -0.4 is 5.43 Å². The molecule has 0 bridgehead atoms. The second-order valence-corrected chi connectivity index (χ2v) is 8.87. The second kappa shape index (κ2) is 9.09. The number of hydrogen-bond donors (Lipinski definition) is 2. The van der Waals surface area contributed by atoms with Gasteiger partial charge in [0.15, 0.2) is 0 Å². The molecule has 0 saturated heterocycles. The van der Waals surface area contributed by atoms with Crippen LogP contribution in [0.1, 0.15) is 15.9 Å². The summed E-state index contributed by atoms with van der Waals surface area (Å²) in [7, 11) is 0. The molecule has 4 aromatic rings. The van der Waals surface area contributed by atoms with E-state index >= 15 is 0 Å². The van der Waals surface area contributed by atoms with Gasteiger partial charge in [-0.05, 0) is 69.4 Å². The maximum Gasteiger partial charge on any atom is 0.272 e. The lowest BCUT2D eigenvalue weighted by molar-refractivity contribution is 0.0956. The first-order valence-corrected chi connectivity index (χ1v) is 11.2. The Morgan fingerprint density at radius 3 is 2.53 bits per heavy atom. The zero-order valence-corrected chi connectivity index (χ0v) is 19.8. The van der Waals surface area contributed by atoms with Crippen molar-refractivity contribution in [1.82, 2.24) is 10.4 Å². The summed E-state index contributed by atoms with van der Waals surface area (Å²) < 4.78 is 1.69. The molecule has 0 aliphatic rings. The molecule has 5 nitrogen and oxygen atoms in total. The minimum absolute atomic E-state index is 0.134. The van der Waals surface area contributed by atoms with Gasteiger partial charge in [-0.25, -0.2) is 10.4 Å². The summed E-state index contributed by atoms with van der Waals surface area (Å²) in [4.78, 5) is 17.6. The van der Waals surface area contributed by atoms with E-state index in [9.17, 15) is 9.90 Å². The van der Waals surface area contributed by atoms with Gasteiger partial charge in [-0.2, -0.15) is 5.10 Å². The number of rotatable bonds is 4. The molecule has 0 fully saturated rings. The van der Waals surface area contributed by atoms with Crippen LogP contribution in [0.5, 0.6) is 5.75 Å². The number of para-hydroxylation sites is 1. The number of nitrogens with one attached hydrogen (secondary N) is 1. The van der Waals surface area contributed by atoms with Gasteiger partial charge in [0.05, 0.1) is 26.6 Å². The number of aromatic nitrogens is 1. The molecule has 1 heterocycles. The van der Waals surface area contributed by atoms with Gasteiger partial charge in [-0.3, -0.25) is 4.79 Å². The summed E-state index contributed by atoms with van der Waals surface area (Å²) in [5.74, 6) is -0.211. The van der Waals surface area contributed by atoms with Crippen molar-refractivity contribution in [3.05, 3.63) is 91.1 Å². The number of benzene rings is 3. The number of hydrazone groups is 1. The van der Waals surface area contributed by atoms with Gasteiger partial charge < -0.3 is 5.11 Å². The van der Waals surface area contributed by atoms with Gasteiger partial charge in [-0.15, -0.1) is 0 Å². The average molecular weight is 619 g/mol. The number of aromatic hydroxyl groups is 1. The predicted molar refractivity (Wildman–Crippen MR) is 136 cm³/mol. The van der Waals surface area contributed by atoms with E-state index in [0.717, 1.165) is 23.6 Å². The maximum atomic E-state index is 12.9. The highest BCUT2D eigenvalue weighted by atomic mass is 127. The third-order valence-electron chi connectivity index (χ3n) is 4.46. The molecule has 2 N–H and O–H groups in total. The Balaban J connectivity index is 1.68. The van der Waals surface area contributed by atoms with E-state index in [1.807, 2.05) is 60.7 Å². The Bertz CT molecular complexity index is 1270. The van der Waals surface area contributed by atoms with Gasteiger partial charge in [0.2, 0.25) is 0 Å². The summed E-state index contributed by atoms with van der Waals surface area (Å²) in [5, 5.41) is 15.0. The quantitative estimate of drug-likeness (QED) is 0.178. The van der Waals surface area contributed by atoms with Crippen molar-refractivity contribution in [1.29, 1.82) is 0 Å². The van der Waals surface area contributed by atoms with Crippen LogP contribution in [-0.4, -0.2) is 22.2 Å². The molecule has 148 valence electrons. The average Bonchev–Trinajstić information content (AvgIpc) is 2.76. The van der Waals surface area contributed by atoms with Crippen LogP contribution in [0.3, 0.4) is 0 Å². The number of pyridine rings is 1. The van der Waals surface area contributed by atoms with Crippen LogP contribution in [-0.2, 0) is 0 Å². The number of nitrogens with zero attached hydrogens (tertiary/aromatic N) is 2. The molecule has 1 aromatic heterocycles. The van der Waals surface area contributed by atoms with Crippen molar-refractivity contribution >= 4 is 68.2 Å². The standard InChI is InChI=1S/C23H15I2N3O2/c24-16-10-15(22(29)19(25)11-16)13-26-28-23(30)18-12-21(14-6-2-1-3-7-14)27-20-9-5-4-8-17(18)20/h1-13,29H,(H,28,30)/b26-13+. The zero-order chi connectivity index (χ0) is 21.1. The molecule has 30 heavy (non-hydrogen) atoms. The first-order valence-electron chi connectivity index (χ1n) is 8.99. The van der Waals surface area contributed by atoms with Crippen molar-refractivity contribution < 1.29 is 9.90 Å². The molecular weight excluding hydrogens is 604 g/mol. The number of fused-ring (bicyclic) bond motifs is 1. The highest BCUT2D eigenvalue weighted by Gasteiger charge is 2.13. The summed E-state index contributed by atoms with van der Waals surface area (Å²) in [6.45, 7) is 0. The molecular formula is C23H15I2N3O2. The lowest BCUT2D eigenvalue weighted by Crippen LogP contribution is -2.18. The number of carbonyl (C=O) groups is 1. The van der Waals surface area contributed by atoms with Crippen molar-refractivity contribution in [2.45, 2.75) is 0 Å². The first-order chi connectivity index (χ1) is 14.5. The number of phenolic OH excluding ortho intramolecular Hbond substituents is 1. The summed E-state index contributed by atoms with van der Waals surface area (Å²) in [6.07, 6.45) is 1.44. The number of phenols is 1. The van der Waals surface area contributed by atoms with E-state index in [-0.39, 0.29) is 11.7 Å². The summed E-state index contributed by atoms with van der Waals surface area (Å²) in [6, 6.07) is 22.7. The summed E-state index contributed by atoms with van der Waals surface area (Å²) >= 11 is 4.23. The molecule has 0 unspecified atom stereocenters. The van der Waals surface area contributed by atoms with Gasteiger partial charge in [0.1, 0.15) is 5.75 Å². The van der Waals surface area contributed by atoms with Crippen LogP contribution in [0.2, 0.25) is 0 Å². The van der Waals surface area contributed by atoms with E-state index in [1.54, 1.807) is 12.1 Å². The number of hydrogen-bond acceptors (Lipinski definition) is 4. The largest absolute Gasteiger partial charge is 0.506 e. The predicted octanol–water partition coefficient (Wildman–Crippen LogP) is 5.58. The van der Waals surface area contributed by atoms with Gasteiger partial charge in [0.25, 0.3) is 5.91 Å². The lowest BCUT2D eigenvalue weighted by atomic mass is 10.0. The topological polar surface area (TPSA) is 74.6 Å². The van der Waals surface area contributed by atoms with Crippen LogP contribution in [0.4, 0.5) is 0 Å². The van der Waals surface area contributed by atoms with E-state index in [1.165, 1.54) is 6.21 Å². The van der Waals surface area contributed by atoms with Crippen LogP contribution >= 0.6 is 45.2 Å². The van der Waals surface area contributed by atoms with Crippen LogP contribution in [0, 0.1) is 7.14 Å². The molecule has 0 atom stereocenters. The Labute approximate surface area is 200 Å². The molecule has 0 saturated carbocycles. The fraction of sp³-hybridized carbons (Fsp3) is 0.